The van der Waals surface area contributed by atoms with Crippen LogP contribution in [0, 0.1) is 12.7 Å². The van der Waals surface area contributed by atoms with Gasteiger partial charge in [0.1, 0.15) is 17.1 Å². The van der Waals surface area contributed by atoms with Gasteiger partial charge in [0.25, 0.3) is 0 Å². The second-order valence-corrected chi connectivity index (χ2v) is 11.0. The molecule has 0 amide bonds. The Labute approximate surface area is 223 Å². The van der Waals surface area contributed by atoms with Crippen LogP contribution in [0.5, 0.6) is 5.75 Å². The first-order valence-electron chi connectivity index (χ1n) is 12.7. The number of carboxylic acids is 1. The predicted octanol–water partition coefficient (Wildman–Crippen LogP) is 3.13. The molecule has 0 unspecified atom stereocenters. The van der Waals surface area contributed by atoms with Crippen LogP contribution in [-0.2, 0) is 12.4 Å². The summed E-state index contributed by atoms with van der Waals surface area (Å²) in [7, 11) is 0. The van der Waals surface area contributed by atoms with Crippen LogP contribution in [-0.4, -0.2) is 74.2 Å². The summed E-state index contributed by atoms with van der Waals surface area (Å²) in [4.78, 5) is 32.8. The quantitative estimate of drug-likeness (QED) is 0.351. The van der Waals surface area contributed by atoms with E-state index in [1.54, 1.807) is 30.9 Å². The van der Waals surface area contributed by atoms with E-state index >= 15 is 4.39 Å². The van der Waals surface area contributed by atoms with Gasteiger partial charge in [0.15, 0.2) is 0 Å². The molecule has 3 aromatic rings. The number of aromatic carboxylic acids is 1. The van der Waals surface area contributed by atoms with E-state index in [9.17, 15) is 24.9 Å². The van der Waals surface area contributed by atoms with Crippen LogP contribution in [0.25, 0.3) is 10.9 Å². The number of carboxylic acid groups (broad SMARTS) is 1. The Bertz CT molecular complexity index is 1430. The van der Waals surface area contributed by atoms with Crippen LogP contribution in [0.15, 0.2) is 29.3 Å². The van der Waals surface area contributed by atoms with E-state index in [-0.39, 0.29) is 29.3 Å². The maximum atomic E-state index is 15.2. The summed E-state index contributed by atoms with van der Waals surface area (Å²) in [6, 6.07) is 3.03. The molecule has 2 aromatic heterocycles. The number of rotatable bonds is 9. The van der Waals surface area contributed by atoms with Crippen LogP contribution in [0.3, 0.4) is 0 Å². The fourth-order valence-electron chi connectivity index (χ4n) is 4.98. The topological polar surface area (TPSA) is 119 Å². The Morgan fingerprint density at radius 1 is 1.21 bits per heavy atom. The molecule has 0 radical (unpaired) electrons. The van der Waals surface area contributed by atoms with Gasteiger partial charge in [0.2, 0.25) is 5.43 Å². The molecule has 38 heavy (non-hydrogen) atoms. The maximum Gasteiger partial charge on any atom is 0.341 e. The number of thioether (sulfide) groups is 1. The predicted molar refractivity (Wildman–Crippen MR) is 145 cm³/mol. The van der Waals surface area contributed by atoms with E-state index < -0.39 is 17.2 Å². The zero-order valence-electron chi connectivity index (χ0n) is 21.2. The average molecular weight is 543 g/mol. The van der Waals surface area contributed by atoms with Gasteiger partial charge in [-0.15, -0.1) is 0 Å². The van der Waals surface area contributed by atoms with Crippen molar-refractivity contribution >= 4 is 34.3 Å². The summed E-state index contributed by atoms with van der Waals surface area (Å²) in [5.41, 5.74) is 1.90. The number of aliphatic hydroxyl groups excluding tert-OH is 1. The van der Waals surface area contributed by atoms with E-state index in [0.29, 0.717) is 41.3 Å². The minimum atomic E-state index is -1.30. The maximum absolute atomic E-state index is 15.2. The second kappa shape index (κ2) is 10.9. The van der Waals surface area contributed by atoms with Gasteiger partial charge >= 0.3 is 5.97 Å². The van der Waals surface area contributed by atoms with Gasteiger partial charge in [0.05, 0.1) is 23.5 Å². The minimum Gasteiger partial charge on any atom is -0.506 e. The van der Waals surface area contributed by atoms with Gasteiger partial charge in [-0.05, 0) is 37.5 Å². The Kier molecular flexibility index (Phi) is 7.60. The van der Waals surface area contributed by atoms with Gasteiger partial charge in [-0.2, -0.15) is 11.8 Å². The Hall–Kier alpha value is -3.15. The Balaban J connectivity index is 1.22. The zero-order chi connectivity index (χ0) is 27.0. The van der Waals surface area contributed by atoms with Crippen molar-refractivity contribution in [2.45, 2.75) is 38.2 Å². The SMILES string of the molecule is Cc1ncc(CSCCN2CCN(c3cc4c(cc3F)c(=O)c(C(=O)O)cn4C3CC3)CC2)c(CO)c1O. The monoisotopic (exact) mass is 542 g/mol. The highest BCUT2D eigenvalue weighted by atomic mass is 32.2. The Morgan fingerprint density at radius 3 is 2.61 bits per heavy atom. The average Bonchev–Trinajstić information content (AvgIpc) is 3.75. The molecule has 1 saturated carbocycles. The Morgan fingerprint density at radius 2 is 1.95 bits per heavy atom. The molecule has 1 aliphatic carbocycles. The molecule has 0 atom stereocenters. The van der Waals surface area contributed by atoms with Crippen LogP contribution in [0.1, 0.15) is 46.1 Å². The van der Waals surface area contributed by atoms with E-state index in [0.717, 1.165) is 43.8 Å². The van der Waals surface area contributed by atoms with Crippen molar-refractivity contribution in [1.82, 2.24) is 14.5 Å². The van der Waals surface area contributed by atoms with Gasteiger partial charge < -0.3 is 24.8 Å². The molecule has 2 aliphatic rings. The fourth-order valence-corrected chi connectivity index (χ4v) is 5.98. The third kappa shape index (κ3) is 5.23. The van der Waals surface area contributed by atoms with E-state index in [2.05, 4.69) is 9.88 Å². The minimum absolute atomic E-state index is 0.0547. The molecule has 3 heterocycles. The van der Waals surface area contributed by atoms with Crippen molar-refractivity contribution in [2.75, 3.05) is 43.4 Å². The molecule has 3 N–H and O–H groups in total. The number of anilines is 1. The van der Waals surface area contributed by atoms with Gasteiger partial charge in [0, 0.05) is 73.6 Å². The number of nitrogens with zero attached hydrogens (tertiary/aromatic N) is 4. The molecular weight excluding hydrogens is 511 g/mol. The van der Waals surface area contributed by atoms with E-state index in [1.807, 2.05) is 9.47 Å². The normalized spacial score (nSPS) is 16.3. The number of halogens is 1. The first-order valence-corrected chi connectivity index (χ1v) is 13.9. The highest BCUT2D eigenvalue weighted by Gasteiger charge is 2.28. The smallest absolute Gasteiger partial charge is 0.341 e. The van der Waals surface area contributed by atoms with Gasteiger partial charge in [-0.3, -0.25) is 14.7 Å². The lowest BCUT2D eigenvalue weighted by Crippen LogP contribution is -2.47. The number of fused-ring (bicyclic) bond motifs is 1. The van der Waals surface area contributed by atoms with Crippen LogP contribution in [0.4, 0.5) is 10.1 Å². The second-order valence-electron chi connectivity index (χ2n) is 9.87. The van der Waals surface area contributed by atoms with Crippen molar-refractivity contribution in [3.63, 3.8) is 0 Å². The van der Waals surface area contributed by atoms with Gasteiger partial charge in [-0.1, -0.05) is 0 Å². The first kappa shape index (κ1) is 26.5. The summed E-state index contributed by atoms with van der Waals surface area (Å²) in [6.07, 6.45) is 4.92. The molecule has 2 fully saturated rings. The highest BCUT2D eigenvalue weighted by Crippen LogP contribution is 2.38. The molecule has 0 spiro atoms. The lowest BCUT2D eigenvalue weighted by Gasteiger charge is -2.36. The molecule has 1 aliphatic heterocycles. The van der Waals surface area contributed by atoms with Crippen molar-refractivity contribution in [3.05, 3.63) is 63.0 Å². The van der Waals surface area contributed by atoms with Crippen LogP contribution >= 0.6 is 11.8 Å². The lowest BCUT2D eigenvalue weighted by molar-refractivity contribution is 0.0694. The number of aryl methyl sites for hydroxylation is 1. The largest absolute Gasteiger partial charge is 0.506 e. The number of carbonyl (C=O) groups is 1. The molecule has 11 heteroatoms. The van der Waals surface area contributed by atoms with Crippen molar-refractivity contribution in [3.8, 4) is 5.75 Å². The molecular formula is C27H31FN4O5S. The molecule has 5 rings (SSSR count). The summed E-state index contributed by atoms with van der Waals surface area (Å²) in [5.74, 6) is -0.251. The summed E-state index contributed by atoms with van der Waals surface area (Å²) in [6.45, 7) is 5.14. The van der Waals surface area contributed by atoms with E-state index in [1.165, 1.54) is 12.3 Å². The standard InChI is InChI=1S/C27H31FN4O5S/c1-16-25(34)21(14-33)17(12-29-16)15-38-9-8-30-4-6-31(7-5-30)24-11-23-19(10-22(24)28)26(35)20(27(36)37)13-32(23)18-2-3-18/h10-13,18,33-34H,2-9,14-15H2,1H3,(H,36,37). The van der Waals surface area contributed by atoms with Gasteiger partial charge in [-0.25, -0.2) is 9.18 Å². The van der Waals surface area contributed by atoms with Crippen molar-refractivity contribution in [1.29, 1.82) is 0 Å². The number of aromatic nitrogens is 2. The number of piperazine rings is 1. The summed E-state index contributed by atoms with van der Waals surface area (Å²) < 4.78 is 17.0. The van der Waals surface area contributed by atoms with Crippen molar-refractivity contribution in [2.24, 2.45) is 0 Å². The highest BCUT2D eigenvalue weighted by molar-refractivity contribution is 7.98. The molecule has 9 nitrogen and oxygen atoms in total. The lowest BCUT2D eigenvalue weighted by atomic mass is 10.1. The van der Waals surface area contributed by atoms with E-state index in [4.69, 9.17) is 0 Å². The fraction of sp³-hybridized carbons (Fsp3) is 0.444. The molecule has 202 valence electrons. The molecule has 0 bridgehead atoms. The molecule has 1 saturated heterocycles. The number of hydrogen-bond donors (Lipinski definition) is 3. The number of aromatic hydroxyl groups is 1. The number of hydrogen-bond acceptors (Lipinski definition) is 8. The zero-order valence-corrected chi connectivity index (χ0v) is 22.0. The van der Waals surface area contributed by atoms with Crippen LogP contribution in [0.2, 0.25) is 0 Å². The summed E-state index contributed by atoms with van der Waals surface area (Å²) in [5, 5.41) is 29.3. The van der Waals surface area contributed by atoms with Crippen LogP contribution < -0.4 is 10.3 Å². The number of aliphatic hydroxyl groups is 1. The van der Waals surface area contributed by atoms with Crippen molar-refractivity contribution < 1.29 is 24.5 Å². The molecule has 1 aromatic carbocycles. The third-order valence-electron chi connectivity index (χ3n) is 7.38. The number of benzene rings is 1. The number of pyridine rings is 2. The summed E-state index contributed by atoms with van der Waals surface area (Å²) >= 11 is 1.71. The first-order chi connectivity index (χ1) is 18.3. The third-order valence-corrected chi connectivity index (χ3v) is 8.37.